The van der Waals surface area contributed by atoms with E-state index in [0.29, 0.717) is 18.2 Å². The fourth-order valence-electron chi connectivity index (χ4n) is 3.74. The molecule has 4 rings (SSSR count). The number of carbonyl (C=O) groups excluding carboxylic acids is 1. The van der Waals surface area contributed by atoms with Crippen LogP contribution < -0.4 is 0 Å². The first-order chi connectivity index (χ1) is 13.7. The van der Waals surface area contributed by atoms with E-state index in [0.717, 1.165) is 41.1 Å². The van der Waals surface area contributed by atoms with Crippen LogP contribution in [0.15, 0.2) is 59.6 Å². The summed E-state index contributed by atoms with van der Waals surface area (Å²) in [6.07, 6.45) is 4.13. The van der Waals surface area contributed by atoms with E-state index in [1.807, 2.05) is 47.4 Å². The predicted octanol–water partition coefficient (Wildman–Crippen LogP) is 4.71. The van der Waals surface area contributed by atoms with Crippen LogP contribution in [0.2, 0.25) is 0 Å². The van der Waals surface area contributed by atoms with Crippen LogP contribution in [-0.4, -0.2) is 39.1 Å². The lowest BCUT2D eigenvalue weighted by Gasteiger charge is -2.33. The van der Waals surface area contributed by atoms with Crippen molar-refractivity contribution in [2.75, 3.05) is 12.3 Å². The number of rotatable bonds is 5. The van der Waals surface area contributed by atoms with Crippen LogP contribution in [0.1, 0.15) is 37.6 Å². The van der Waals surface area contributed by atoms with E-state index in [1.165, 1.54) is 23.7 Å². The number of para-hydroxylation sites is 1. The summed E-state index contributed by atoms with van der Waals surface area (Å²) >= 11 is 1.54. The van der Waals surface area contributed by atoms with Gasteiger partial charge in [-0.1, -0.05) is 60.3 Å². The topological polar surface area (TPSA) is 46.1 Å². The first-order valence-electron chi connectivity index (χ1n) is 9.92. The number of nitrogens with zero attached hydrogens (tertiary/aromatic N) is 3. The molecule has 5 heteroatoms. The van der Waals surface area contributed by atoms with Crippen molar-refractivity contribution >= 4 is 28.6 Å². The molecule has 2 heterocycles. The monoisotopic (exact) mass is 391 g/mol. The van der Waals surface area contributed by atoms with Crippen molar-refractivity contribution in [3.8, 4) is 0 Å². The summed E-state index contributed by atoms with van der Waals surface area (Å²) < 4.78 is 0. The Kier molecular flexibility index (Phi) is 5.91. The van der Waals surface area contributed by atoms with Crippen molar-refractivity contribution in [1.29, 1.82) is 0 Å². The number of benzene rings is 2. The van der Waals surface area contributed by atoms with Crippen LogP contribution >= 0.6 is 11.8 Å². The minimum atomic E-state index is 0.213. The molecule has 144 valence electrons. The molecule has 28 heavy (non-hydrogen) atoms. The molecule has 1 amide bonds. The average molecular weight is 392 g/mol. The highest BCUT2D eigenvalue weighted by Gasteiger charge is 2.23. The van der Waals surface area contributed by atoms with Crippen molar-refractivity contribution in [2.45, 2.75) is 43.7 Å². The fourth-order valence-corrected chi connectivity index (χ4v) is 4.67. The maximum atomic E-state index is 12.8. The lowest BCUT2D eigenvalue weighted by Crippen LogP contribution is -2.42. The Labute approximate surface area is 170 Å². The largest absolute Gasteiger partial charge is 0.339 e. The molecule has 1 aliphatic rings. The van der Waals surface area contributed by atoms with Crippen molar-refractivity contribution in [1.82, 2.24) is 14.9 Å². The third kappa shape index (κ3) is 4.36. The number of fused-ring (bicyclic) bond motifs is 1. The average Bonchev–Trinajstić information content (AvgIpc) is 2.73. The third-order valence-corrected chi connectivity index (χ3v) is 6.25. The Bertz CT molecular complexity index is 960. The molecule has 0 radical (unpaired) electrons. The Morgan fingerprint density at radius 1 is 1.07 bits per heavy atom. The highest BCUT2D eigenvalue weighted by Crippen LogP contribution is 2.27. The van der Waals surface area contributed by atoms with Gasteiger partial charge in [0.2, 0.25) is 5.91 Å². The Hall–Kier alpha value is -2.40. The van der Waals surface area contributed by atoms with E-state index >= 15 is 0 Å². The van der Waals surface area contributed by atoms with Gasteiger partial charge in [0, 0.05) is 24.4 Å². The molecule has 0 saturated carbocycles. The van der Waals surface area contributed by atoms with Gasteiger partial charge < -0.3 is 4.90 Å². The number of likely N-dealkylation sites (tertiary alicyclic amines) is 1. The summed E-state index contributed by atoms with van der Waals surface area (Å²) in [5.41, 5.74) is 2.12. The summed E-state index contributed by atoms with van der Waals surface area (Å²) in [5, 5.41) is 1.92. The highest BCUT2D eigenvalue weighted by atomic mass is 32.2. The van der Waals surface area contributed by atoms with Crippen molar-refractivity contribution < 1.29 is 4.79 Å². The van der Waals surface area contributed by atoms with Crippen molar-refractivity contribution in [3.05, 3.63) is 66.0 Å². The predicted molar refractivity (Wildman–Crippen MR) is 115 cm³/mol. The first-order valence-corrected chi connectivity index (χ1v) is 10.9. The Morgan fingerprint density at radius 3 is 2.68 bits per heavy atom. The zero-order valence-corrected chi connectivity index (χ0v) is 17.0. The SMILES string of the molecule is C[C@H]1CCCCN1C(=O)CSc1nc(Cc2ccccc2)nc2ccccc12. The van der Waals surface area contributed by atoms with Gasteiger partial charge in [0.25, 0.3) is 0 Å². The van der Waals surface area contributed by atoms with Gasteiger partial charge in [-0.2, -0.15) is 0 Å². The molecule has 0 unspecified atom stereocenters. The van der Waals surface area contributed by atoms with Gasteiger partial charge in [0.1, 0.15) is 10.9 Å². The van der Waals surface area contributed by atoms with E-state index in [4.69, 9.17) is 9.97 Å². The molecule has 1 fully saturated rings. The van der Waals surface area contributed by atoms with E-state index in [9.17, 15) is 4.79 Å². The first kappa shape index (κ1) is 18.9. The third-order valence-electron chi connectivity index (χ3n) is 5.28. The van der Waals surface area contributed by atoms with E-state index in [2.05, 4.69) is 19.1 Å². The maximum Gasteiger partial charge on any atom is 0.233 e. The van der Waals surface area contributed by atoms with E-state index < -0.39 is 0 Å². The minimum Gasteiger partial charge on any atom is -0.339 e. The number of amides is 1. The second kappa shape index (κ2) is 8.74. The van der Waals surface area contributed by atoms with Crippen molar-refractivity contribution in [3.63, 3.8) is 0 Å². The van der Waals surface area contributed by atoms with Gasteiger partial charge in [0.05, 0.1) is 11.3 Å². The molecule has 0 bridgehead atoms. The van der Waals surface area contributed by atoms with Crippen LogP contribution in [-0.2, 0) is 11.2 Å². The fraction of sp³-hybridized carbons (Fsp3) is 0.348. The number of hydrogen-bond donors (Lipinski definition) is 0. The maximum absolute atomic E-state index is 12.8. The molecular formula is C23H25N3OS. The molecule has 0 aliphatic carbocycles. The normalized spacial score (nSPS) is 17.0. The van der Waals surface area contributed by atoms with Crippen LogP contribution in [0.25, 0.3) is 10.9 Å². The second-order valence-electron chi connectivity index (χ2n) is 7.35. The van der Waals surface area contributed by atoms with Gasteiger partial charge in [-0.05, 0) is 37.8 Å². The summed E-state index contributed by atoms with van der Waals surface area (Å²) in [5.74, 6) is 1.44. The molecule has 3 aromatic rings. The van der Waals surface area contributed by atoms with Gasteiger partial charge in [0.15, 0.2) is 0 Å². The molecule has 2 aromatic carbocycles. The van der Waals surface area contributed by atoms with Crippen LogP contribution in [0.5, 0.6) is 0 Å². The summed E-state index contributed by atoms with van der Waals surface area (Å²) in [7, 11) is 0. The van der Waals surface area contributed by atoms with Crippen molar-refractivity contribution in [2.24, 2.45) is 0 Å². The molecule has 1 saturated heterocycles. The molecule has 1 aliphatic heterocycles. The Balaban J connectivity index is 1.55. The lowest BCUT2D eigenvalue weighted by atomic mass is 10.0. The van der Waals surface area contributed by atoms with E-state index in [-0.39, 0.29) is 5.91 Å². The molecule has 4 nitrogen and oxygen atoms in total. The molecule has 1 aromatic heterocycles. The minimum absolute atomic E-state index is 0.213. The summed E-state index contributed by atoms with van der Waals surface area (Å²) in [6.45, 7) is 3.03. The number of hydrogen-bond acceptors (Lipinski definition) is 4. The summed E-state index contributed by atoms with van der Waals surface area (Å²) in [6, 6.07) is 18.7. The standard InChI is InChI=1S/C23H25N3OS/c1-17-9-7-8-14-26(17)22(27)16-28-23-19-12-5-6-13-20(19)24-21(25-23)15-18-10-3-2-4-11-18/h2-6,10-13,17H,7-9,14-16H2,1H3/t17-/m0/s1. The number of carbonyl (C=O) groups is 1. The quantitative estimate of drug-likeness (QED) is 0.467. The summed E-state index contributed by atoms with van der Waals surface area (Å²) in [4.78, 5) is 24.3. The molecule has 0 spiro atoms. The Morgan fingerprint density at radius 2 is 1.86 bits per heavy atom. The lowest BCUT2D eigenvalue weighted by molar-refractivity contribution is -0.131. The van der Waals surface area contributed by atoms with Crippen LogP contribution in [0.3, 0.4) is 0 Å². The zero-order chi connectivity index (χ0) is 19.3. The highest BCUT2D eigenvalue weighted by molar-refractivity contribution is 8.00. The van der Waals surface area contributed by atoms with Crippen LogP contribution in [0, 0.1) is 0 Å². The molecule has 1 atom stereocenters. The van der Waals surface area contributed by atoms with Gasteiger partial charge in [-0.3, -0.25) is 4.79 Å². The zero-order valence-electron chi connectivity index (χ0n) is 16.2. The molecule has 0 N–H and O–H groups in total. The van der Waals surface area contributed by atoms with Crippen LogP contribution in [0.4, 0.5) is 0 Å². The number of piperidine rings is 1. The number of thioether (sulfide) groups is 1. The smallest absolute Gasteiger partial charge is 0.233 e. The van der Waals surface area contributed by atoms with Gasteiger partial charge in [-0.15, -0.1) is 0 Å². The molecular weight excluding hydrogens is 366 g/mol. The second-order valence-corrected chi connectivity index (χ2v) is 8.31. The number of aromatic nitrogens is 2. The van der Waals surface area contributed by atoms with Gasteiger partial charge in [-0.25, -0.2) is 9.97 Å². The van der Waals surface area contributed by atoms with Gasteiger partial charge >= 0.3 is 0 Å². The van der Waals surface area contributed by atoms with E-state index in [1.54, 1.807) is 0 Å².